The van der Waals surface area contributed by atoms with Crippen molar-refractivity contribution in [3.63, 3.8) is 0 Å². The van der Waals surface area contributed by atoms with E-state index in [1.165, 1.54) is 11.8 Å². The summed E-state index contributed by atoms with van der Waals surface area (Å²) in [6, 6.07) is 7.23. The summed E-state index contributed by atoms with van der Waals surface area (Å²) < 4.78 is 10.8. The lowest BCUT2D eigenvalue weighted by Gasteiger charge is -2.35. The molecule has 0 fully saturated rings. The summed E-state index contributed by atoms with van der Waals surface area (Å²) in [5, 5.41) is 0.375. The highest BCUT2D eigenvalue weighted by atomic mass is 35.5. The lowest BCUT2D eigenvalue weighted by atomic mass is 9.92. The molecule has 1 unspecified atom stereocenters. The Labute approximate surface area is 146 Å². The first-order chi connectivity index (χ1) is 11.5. The molecule has 0 radical (unpaired) electrons. The molecule has 3 rings (SSSR count). The minimum Gasteiger partial charge on any atom is -0.493 e. The average molecular weight is 347 g/mol. The molecular formula is C18H19ClN2O3. The normalized spacial score (nSPS) is 16.5. The van der Waals surface area contributed by atoms with Crippen molar-refractivity contribution in [1.29, 1.82) is 0 Å². The Bertz CT molecular complexity index is 762. The predicted octanol–water partition coefficient (Wildman–Crippen LogP) is 3.51. The second kappa shape index (κ2) is 6.69. The molecule has 1 amide bonds. The first-order valence-electron chi connectivity index (χ1n) is 7.72. The van der Waals surface area contributed by atoms with Crippen LogP contribution in [0.25, 0.3) is 0 Å². The Morgan fingerprint density at radius 1 is 1.25 bits per heavy atom. The Balaban J connectivity index is 1.92. The number of rotatable bonds is 3. The van der Waals surface area contributed by atoms with Gasteiger partial charge < -0.3 is 14.4 Å². The lowest BCUT2D eigenvalue weighted by molar-refractivity contribution is 0.0677. The molecule has 1 aliphatic rings. The van der Waals surface area contributed by atoms with Gasteiger partial charge in [-0.05, 0) is 48.7 Å². The number of amides is 1. The number of carbonyl (C=O) groups excluding carboxylic acids is 1. The first kappa shape index (κ1) is 16.6. The fourth-order valence-corrected chi connectivity index (χ4v) is 3.20. The van der Waals surface area contributed by atoms with Crippen LogP contribution < -0.4 is 9.47 Å². The van der Waals surface area contributed by atoms with E-state index in [0.717, 1.165) is 12.0 Å². The number of methoxy groups -OCH3 is 2. The van der Waals surface area contributed by atoms with Crippen LogP contribution in [-0.4, -0.2) is 36.6 Å². The van der Waals surface area contributed by atoms with Gasteiger partial charge in [-0.1, -0.05) is 11.6 Å². The third-order valence-corrected chi connectivity index (χ3v) is 4.64. The van der Waals surface area contributed by atoms with Gasteiger partial charge >= 0.3 is 0 Å². The molecule has 2 aromatic rings. The van der Waals surface area contributed by atoms with Crippen LogP contribution >= 0.6 is 11.6 Å². The van der Waals surface area contributed by atoms with Gasteiger partial charge in [0.2, 0.25) is 0 Å². The fraction of sp³-hybridized carbons (Fsp3) is 0.333. The molecule has 6 heteroatoms. The third kappa shape index (κ3) is 2.91. The zero-order chi connectivity index (χ0) is 17.3. The second-order valence-electron chi connectivity index (χ2n) is 5.70. The lowest BCUT2D eigenvalue weighted by Crippen LogP contribution is -2.38. The van der Waals surface area contributed by atoms with E-state index >= 15 is 0 Å². The third-order valence-electron chi connectivity index (χ3n) is 4.42. The van der Waals surface area contributed by atoms with Gasteiger partial charge in [-0.2, -0.15) is 0 Å². The second-order valence-corrected chi connectivity index (χ2v) is 6.09. The number of aromatic nitrogens is 1. The van der Waals surface area contributed by atoms with E-state index in [1.807, 2.05) is 24.0 Å². The Morgan fingerprint density at radius 3 is 2.58 bits per heavy atom. The molecule has 5 nitrogen and oxygen atoms in total. The molecule has 126 valence electrons. The van der Waals surface area contributed by atoms with E-state index in [9.17, 15) is 4.79 Å². The fourth-order valence-electron chi connectivity index (χ4n) is 3.09. The van der Waals surface area contributed by atoms with Crippen molar-refractivity contribution in [1.82, 2.24) is 9.88 Å². The van der Waals surface area contributed by atoms with Gasteiger partial charge in [-0.3, -0.25) is 4.79 Å². The monoisotopic (exact) mass is 346 g/mol. The van der Waals surface area contributed by atoms with Crippen LogP contribution in [0.3, 0.4) is 0 Å². The topological polar surface area (TPSA) is 51.7 Å². The molecule has 0 saturated carbocycles. The van der Waals surface area contributed by atoms with Crippen molar-refractivity contribution in [3.05, 3.63) is 52.3 Å². The Kier molecular flexibility index (Phi) is 4.62. The molecule has 0 N–H and O–H groups in total. The number of ether oxygens (including phenoxy) is 2. The smallest absolute Gasteiger partial charge is 0.255 e. The van der Waals surface area contributed by atoms with Crippen LogP contribution in [-0.2, 0) is 6.42 Å². The minimum absolute atomic E-state index is 0.0490. The summed E-state index contributed by atoms with van der Waals surface area (Å²) in [5.74, 6) is 1.34. The molecule has 24 heavy (non-hydrogen) atoms. The van der Waals surface area contributed by atoms with Crippen molar-refractivity contribution in [2.75, 3.05) is 20.8 Å². The molecule has 0 saturated heterocycles. The number of hydrogen-bond donors (Lipinski definition) is 0. The van der Waals surface area contributed by atoms with Crippen LogP contribution in [0.2, 0.25) is 5.15 Å². The highest BCUT2D eigenvalue weighted by Crippen LogP contribution is 2.38. The number of carbonyl (C=O) groups is 1. The number of hydrogen-bond acceptors (Lipinski definition) is 4. The van der Waals surface area contributed by atoms with Crippen LogP contribution in [0, 0.1) is 0 Å². The minimum atomic E-state index is -0.0586. The van der Waals surface area contributed by atoms with E-state index in [4.69, 9.17) is 21.1 Å². The highest BCUT2D eigenvalue weighted by molar-refractivity contribution is 6.29. The molecule has 1 atom stereocenters. The maximum absolute atomic E-state index is 12.8. The van der Waals surface area contributed by atoms with Gasteiger partial charge in [0.1, 0.15) is 5.15 Å². The van der Waals surface area contributed by atoms with Gasteiger partial charge in [-0.15, -0.1) is 0 Å². The summed E-state index contributed by atoms with van der Waals surface area (Å²) in [5.41, 5.74) is 2.79. The number of benzene rings is 1. The average Bonchev–Trinajstić information content (AvgIpc) is 2.61. The maximum atomic E-state index is 12.8. The Hall–Kier alpha value is -2.27. The molecular weight excluding hydrogens is 328 g/mol. The summed E-state index contributed by atoms with van der Waals surface area (Å²) >= 11 is 5.80. The van der Waals surface area contributed by atoms with Crippen LogP contribution in [0.4, 0.5) is 0 Å². The standard InChI is InChI=1S/C18H19ClN2O3/c1-11-14-9-16(24-3)15(23-2)8-12(14)6-7-21(11)18(22)13-4-5-17(19)20-10-13/h4-5,8-11H,6-7H2,1-3H3. The predicted molar refractivity (Wildman–Crippen MR) is 91.9 cm³/mol. The van der Waals surface area contributed by atoms with Gasteiger partial charge in [-0.25, -0.2) is 4.98 Å². The van der Waals surface area contributed by atoms with Crippen molar-refractivity contribution < 1.29 is 14.3 Å². The highest BCUT2D eigenvalue weighted by Gasteiger charge is 2.29. The summed E-state index contributed by atoms with van der Waals surface area (Å²) in [6.45, 7) is 2.66. The van der Waals surface area contributed by atoms with Crippen molar-refractivity contribution in [2.45, 2.75) is 19.4 Å². The van der Waals surface area contributed by atoms with E-state index < -0.39 is 0 Å². The van der Waals surface area contributed by atoms with Crippen molar-refractivity contribution in [2.24, 2.45) is 0 Å². The van der Waals surface area contributed by atoms with Crippen molar-refractivity contribution in [3.8, 4) is 11.5 Å². The largest absolute Gasteiger partial charge is 0.493 e. The van der Waals surface area contributed by atoms with E-state index in [1.54, 1.807) is 26.4 Å². The number of fused-ring (bicyclic) bond motifs is 1. The zero-order valence-corrected chi connectivity index (χ0v) is 14.6. The molecule has 0 aliphatic carbocycles. The molecule has 0 spiro atoms. The summed E-state index contributed by atoms with van der Waals surface area (Å²) in [4.78, 5) is 18.6. The molecule has 1 aromatic heterocycles. The number of nitrogens with zero attached hydrogens (tertiary/aromatic N) is 2. The number of pyridine rings is 1. The van der Waals surface area contributed by atoms with Crippen LogP contribution in [0.1, 0.15) is 34.5 Å². The molecule has 1 aromatic carbocycles. The van der Waals surface area contributed by atoms with E-state index in [0.29, 0.717) is 28.8 Å². The quantitative estimate of drug-likeness (QED) is 0.798. The van der Waals surface area contributed by atoms with Gasteiger partial charge in [0.25, 0.3) is 5.91 Å². The van der Waals surface area contributed by atoms with Crippen LogP contribution in [0.15, 0.2) is 30.5 Å². The van der Waals surface area contributed by atoms with Gasteiger partial charge in [0.15, 0.2) is 11.5 Å². The number of halogens is 1. The molecule has 0 bridgehead atoms. The summed E-state index contributed by atoms with van der Waals surface area (Å²) in [7, 11) is 3.24. The maximum Gasteiger partial charge on any atom is 0.255 e. The van der Waals surface area contributed by atoms with Gasteiger partial charge in [0, 0.05) is 12.7 Å². The van der Waals surface area contributed by atoms with Crippen molar-refractivity contribution >= 4 is 17.5 Å². The first-order valence-corrected chi connectivity index (χ1v) is 8.10. The van der Waals surface area contributed by atoms with Crippen LogP contribution in [0.5, 0.6) is 11.5 Å². The molecule has 1 aliphatic heterocycles. The summed E-state index contributed by atoms with van der Waals surface area (Å²) in [6.07, 6.45) is 2.29. The molecule has 2 heterocycles. The van der Waals surface area contributed by atoms with Gasteiger partial charge in [0.05, 0.1) is 25.8 Å². The Morgan fingerprint density at radius 2 is 1.96 bits per heavy atom. The zero-order valence-electron chi connectivity index (χ0n) is 13.9. The van der Waals surface area contributed by atoms with E-state index in [-0.39, 0.29) is 11.9 Å². The SMILES string of the molecule is COc1cc2c(cc1OC)C(C)N(C(=O)c1ccc(Cl)nc1)CC2. The van der Waals surface area contributed by atoms with E-state index in [2.05, 4.69) is 4.98 Å².